The van der Waals surface area contributed by atoms with E-state index in [1.54, 1.807) is 36.1 Å². The number of benzene rings is 1. The minimum Gasteiger partial charge on any atom is -0.491 e. The van der Waals surface area contributed by atoms with Crippen molar-refractivity contribution in [3.05, 3.63) is 56.2 Å². The highest BCUT2D eigenvalue weighted by atomic mass is 16.5. The molecule has 184 valence electrons. The molecule has 1 fully saturated rings. The van der Waals surface area contributed by atoms with Gasteiger partial charge in [-0.2, -0.15) is 0 Å². The number of likely N-dealkylation sites (tertiary alicyclic amines) is 1. The highest BCUT2D eigenvalue weighted by Crippen LogP contribution is 2.19. The molecule has 2 aromatic rings. The van der Waals surface area contributed by atoms with Crippen LogP contribution in [-0.2, 0) is 17.9 Å². The van der Waals surface area contributed by atoms with E-state index in [9.17, 15) is 19.2 Å². The Balaban J connectivity index is 1.96. The van der Waals surface area contributed by atoms with Gasteiger partial charge in [0.15, 0.2) is 5.78 Å². The van der Waals surface area contributed by atoms with Crippen LogP contribution in [0.1, 0.15) is 56.0 Å². The summed E-state index contributed by atoms with van der Waals surface area (Å²) in [6.45, 7) is 6.03. The number of carbonyl (C=O) groups is 2. The molecule has 0 radical (unpaired) electrons. The van der Waals surface area contributed by atoms with Crippen molar-refractivity contribution in [1.29, 1.82) is 0 Å². The van der Waals surface area contributed by atoms with Gasteiger partial charge in [0.05, 0.1) is 25.2 Å². The summed E-state index contributed by atoms with van der Waals surface area (Å²) in [6, 6.07) is 6.62. The van der Waals surface area contributed by atoms with Gasteiger partial charge >= 0.3 is 5.69 Å². The molecule has 0 bridgehead atoms. The number of amides is 1. The fourth-order valence-electron chi connectivity index (χ4n) is 4.30. The summed E-state index contributed by atoms with van der Waals surface area (Å²) in [5, 5.41) is 0. The molecule has 0 saturated carbocycles. The van der Waals surface area contributed by atoms with E-state index in [-0.39, 0.29) is 37.1 Å². The number of primary amides is 1. The van der Waals surface area contributed by atoms with Gasteiger partial charge in [-0.25, -0.2) is 4.79 Å². The molecule has 1 aliphatic heterocycles. The summed E-state index contributed by atoms with van der Waals surface area (Å²) in [5.41, 5.74) is 11.0. The van der Waals surface area contributed by atoms with Gasteiger partial charge in [0, 0.05) is 6.54 Å². The number of nitrogen functional groups attached to an aromatic ring is 1. The van der Waals surface area contributed by atoms with Crippen molar-refractivity contribution in [2.45, 2.75) is 65.3 Å². The van der Waals surface area contributed by atoms with Gasteiger partial charge in [-0.15, -0.1) is 0 Å². The van der Waals surface area contributed by atoms with E-state index in [1.165, 1.54) is 4.57 Å². The topological polar surface area (TPSA) is 143 Å². The molecule has 1 aliphatic rings. The van der Waals surface area contributed by atoms with Crippen LogP contribution in [-0.4, -0.2) is 51.0 Å². The second-order valence-corrected chi connectivity index (χ2v) is 8.80. The van der Waals surface area contributed by atoms with Crippen LogP contribution >= 0.6 is 0 Å². The average molecular weight is 472 g/mol. The van der Waals surface area contributed by atoms with Crippen LogP contribution in [0.2, 0.25) is 0 Å². The Bertz CT molecular complexity index is 1170. The molecule has 1 atom stereocenters. The minimum atomic E-state index is -0.723. The number of carbonyl (C=O) groups excluding carboxylic acids is 2. The lowest BCUT2D eigenvalue weighted by Crippen LogP contribution is -2.51. The van der Waals surface area contributed by atoms with E-state index < -0.39 is 29.0 Å². The van der Waals surface area contributed by atoms with E-state index in [0.29, 0.717) is 18.7 Å². The molecule has 10 heteroatoms. The van der Waals surface area contributed by atoms with E-state index in [4.69, 9.17) is 16.2 Å². The number of Topliss-reactive ketones (excluding diaryl/α,β-unsaturated/α-hetero) is 1. The molecular formula is C24H33N5O5. The maximum absolute atomic E-state index is 13.2. The quantitative estimate of drug-likeness (QED) is 0.519. The molecule has 0 aliphatic carbocycles. The lowest BCUT2D eigenvalue weighted by molar-refractivity contribution is -0.124. The number of anilines is 1. The molecule has 2 heterocycles. The number of nitrogens with zero attached hydrogens (tertiary/aromatic N) is 3. The summed E-state index contributed by atoms with van der Waals surface area (Å²) < 4.78 is 7.88. The van der Waals surface area contributed by atoms with Crippen LogP contribution in [0.4, 0.5) is 5.82 Å². The van der Waals surface area contributed by atoms with Crippen LogP contribution in [0.25, 0.3) is 0 Å². The molecule has 1 aromatic carbocycles. The zero-order chi connectivity index (χ0) is 25.0. The van der Waals surface area contributed by atoms with Gasteiger partial charge in [0.1, 0.15) is 17.1 Å². The van der Waals surface area contributed by atoms with E-state index in [2.05, 4.69) is 0 Å². The Morgan fingerprint density at radius 2 is 1.79 bits per heavy atom. The zero-order valence-electron chi connectivity index (χ0n) is 20.0. The van der Waals surface area contributed by atoms with Gasteiger partial charge in [-0.1, -0.05) is 18.6 Å². The highest BCUT2D eigenvalue weighted by molar-refractivity contribution is 6.01. The highest BCUT2D eigenvalue weighted by Gasteiger charge is 2.31. The van der Waals surface area contributed by atoms with Crippen molar-refractivity contribution in [2.24, 2.45) is 5.73 Å². The smallest absolute Gasteiger partial charge is 0.332 e. The van der Waals surface area contributed by atoms with Gasteiger partial charge in [0.25, 0.3) is 5.56 Å². The first-order chi connectivity index (χ1) is 16.1. The van der Waals surface area contributed by atoms with E-state index in [1.807, 2.05) is 13.8 Å². The summed E-state index contributed by atoms with van der Waals surface area (Å²) in [4.78, 5) is 52.8. The van der Waals surface area contributed by atoms with Crippen LogP contribution < -0.4 is 27.5 Å². The largest absolute Gasteiger partial charge is 0.491 e. The Labute approximate surface area is 198 Å². The number of hydrogen-bond donors (Lipinski definition) is 2. The normalized spacial score (nSPS) is 16.5. The second-order valence-electron chi connectivity index (χ2n) is 8.80. The van der Waals surface area contributed by atoms with Crippen molar-refractivity contribution in [3.8, 4) is 5.75 Å². The first kappa shape index (κ1) is 25.2. The molecule has 10 nitrogen and oxygen atoms in total. The van der Waals surface area contributed by atoms with E-state index in [0.717, 1.165) is 23.0 Å². The van der Waals surface area contributed by atoms with Gasteiger partial charge in [-0.05, 0) is 57.9 Å². The number of hydrogen-bond acceptors (Lipinski definition) is 7. The summed E-state index contributed by atoms with van der Waals surface area (Å²) >= 11 is 0. The SMILES string of the molecule is CCn1c(=O)c(C(=O)CN2CCCC[C@@H]2C(N)=O)c(N)n(Cc2ccc(OC(C)C)cc2)c1=O. The Hall–Kier alpha value is -3.40. The Morgan fingerprint density at radius 1 is 1.12 bits per heavy atom. The predicted octanol–water partition coefficient (Wildman–Crippen LogP) is 0.970. The first-order valence-corrected chi connectivity index (χ1v) is 11.6. The van der Waals surface area contributed by atoms with Gasteiger partial charge in [-0.3, -0.25) is 28.4 Å². The third kappa shape index (κ3) is 5.39. The molecular weight excluding hydrogens is 438 g/mol. The van der Waals surface area contributed by atoms with Crippen molar-refractivity contribution in [3.63, 3.8) is 0 Å². The zero-order valence-corrected chi connectivity index (χ0v) is 20.0. The molecule has 3 rings (SSSR count). The van der Waals surface area contributed by atoms with Crippen LogP contribution in [0.3, 0.4) is 0 Å². The van der Waals surface area contributed by atoms with Crippen molar-refractivity contribution in [1.82, 2.24) is 14.0 Å². The number of piperidine rings is 1. The molecule has 0 unspecified atom stereocenters. The molecule has 1 amide bonds. The van der Waals surface area contributed by atoms with Crippen LogP contribution in [0.15, 0.2) is 33.9 Å². The maximum Gasteiger partial charge on any atom is 0.332 e. The fourth-order valence-corrected chi connectivity index (χ4v) is 4.30. The fraction of sp³-hybridized carbons (Fsp3) is 0.500. The van der Waals surface area contributed by atoms with Crippen LogP contribution in [0.5, 0.6) is 5.75 Å². The molecule has 0 spiro atoms. The number of rotatable bonds is 9. The van der Waals surface area contributed by atoms with Crippen molar-refractivity contribution in [2.75, 3.05) is 18.8 Å². The minimum absolute atomic E-state index is 0.0276. The Kier molecular flexibility index (Phi) is 7.93. The summed E-state index contributed by atoms with van der Waals surface area (Å²) in [6.07, 6.45) is 2.25. The summed E-state index contributed by atoms with van der Waals surface area (Å²) in [7, 11) is 0. The molecule has 4 N–H and O–H groups in total. The Morgan fingerprint density at radius 3 is 2.38 bits per heavy atom. The van der Waals surface area contributed by atoms with E-state index >= 15 is 0 Å². The third-order valence-corrected chi connectivity index (χ3v) is 5.99. The molecule has 1 saturated heterocycles. The standard InChI is InChI=1S/C24H33N5O5/c1-4-28-23(32)20(19(30)14-27-12-6-5-7-18(27)22(26)31)21(25)29(24(28)33)13-16-8-10-17(11-9-16)34-15(2)3/h8-11,15,18H,4-7,12-14,25H2,1-3H3,(H2,26,31)/t18-/m1/s1. The van der Waals surface area contributed by atoms with Crippen molar-refractivity contribution < 1.29 is 14.3 Å². The molecule has 1 aromatic heterocycles. The maximum atomic E-state index is 13.2. The summed E-state index contributed by atoms with van der Waals surface area (Å²) in [5.74, 6) is -0.521. The second kappa shape index (κ2) is 10.7. The lowest BCUT2D eigenvalue weighted by Gasteiger charge is -2.33. The molecule has 34 heavy (non-hydrogen) atoms. The lowest BCUT2D eigenvalue weighted by atomic mass is 10.0. The van der Waals surface area contributed by atoms with Crippen molar-refractivity contribution >= 4 is 17.5 Å². The predicted molar refractivity (Wildman–Crippen MR) is 129 cm³/mol. The third-order valence-electron chi connectivity index (χ3n) is 5.99. The van der Waals surface area contributed by atoms with Gasteiger partial charge < -0.3 is 16.2 Å². The number of ether oxygens (including phenoxy) is 1. The monoisotopic (exact) mass is 471 g/mol. The van der Waals surface area contributed by atoms with Gasteiger partial charge in [0.2, 0.25) is 5.91 Å². The number of aromatic nitrogens is 2. The number of nitrogens with two attached hydrogens (primary N) is 2. The number of ketones is 1. The average Bonchev–Trinajstić information content (AvgIpc) is 2.78. The first-order valence-electron chi connectivity index (χ1n) is 11.6. The van der Waals surface area contributed by atoms with Crippen LogP contribution in [0, 0.1) is 0 Å².